The Bertz CT molecular complexity index is 382. The molecule has 1 aliphatic rings. The fourth-order valence-electron chi connectivity index (χ4n) is 1.75. The molecule has 0 spiro atoms. The Morgan fingerprint density at radius 2 is 1.88 bits per heavy atom. The van der Waals surface area contributed by atoms with Gasteiger partial charge in [0.05, 0.1) is 0 Å². The number of benzene rings is 1. The van der Waals surface area contributed by atoms with Crippen LogP contribution in [-0.2, 0) is 0 Å². The maximum absolute atomic E-state index is 6.00. The van der Waals surface area contributed by atoms with Crippen LogP contribution in [0.4, 0.5) is 5.69 Å². The van der Waals surface area contributed by atoms with E-state index >= 15 is 0 Å². The van der Waals surface area contributed by atoms with Gasteiger partial charge in [-0.25, -0.2) is 0 Å². The van der Waals surface area contributed by atoms with Crippen LogP contribution in [0.1, 0.15) is 26.2 Å². The van der Waals surface area contributed by atoms with Gasteiger partial charge in [0.2, 0.25) is 0 Å². The number of hydrogen-bond acceptors (Lipinski definition) is 4. The summed E-state index contributed by atoms with van der Waals surface area (Å²) in [5.41, 5.74) is 6.79. The number of unbranched alkanes of at least 4 members (excludes halogenated alkanes) is 2. The van der Waals surface area contributed by atoms with E-state index in [0.717, 1.165) is 27.8 Å². The average Bonchev–Trinajstić information content (AvgIpc) is 2.35. The standard InChI is InChI=1S/C13H19NO2S/c1-2-3-4-7-17-13-9-12-11(8-10(13)14)15-5-6-16-12/h8-9H,2-7,14H2,1H3. The summed E-state index contributed by atoms with van der Waals surface area (Å²) in [7, 11) is 0. The zero-order valence-electron chi connectivity index (χ0n) is 10.2. The van der Waals surface area contributed by atoms with E-state index in [4.69, 9.17) is 15.2 Å². The van der Waals surface area contributed by atoms with Crippen molar-refractivity contribution >= 4 is 17.4 Å². The first kappa shape index (κ1) is 12.4. The molecule has 0 fully saturated rings. The molecule has 0 unspecified atom stereocenters. The van der Waals surface area contributed by atoms with Crippen molar-refractivity contribution in [3.05, 3.63) is 12.1 Å². The van der Waals surface area contributed by atoms with Gasteiger partial charge in [-0.15, -0.1) is 11.8 Å². The predicted octanol–water partition coefficient (Wildman–Crippen LogP) is 3.32. The Morgan fingerprint density at radius 1 is 1.18 bits per heavy atom. The first-order valence-electron chi connectivity index (χ1n) is 6.13. The third-order valence-electron chi connectivity index (χ3n) is 2.68. The lowest BCUT2D eigenvalue weighted by molar-refractivity contribution is 0.171. The number of thioether (sulfide) groups is 1. The molecule has 0 amide bonds. The van der Waals surface area contributed by atoms with Crippen LogP contribution in [0.2, 0.25) is 0 Å². The van der Waals surface area contributed by atoms with Crippen molar-refractivity contribution in [2.45, 2.75) is 31.1 Å². The van der Waals surface area contributed by atoms with Crippen LogP contribution in [0.3, 0.4) is 0 Å². The Morgan fingerprint density at radius 3 is 2.59 bits per heavy atom. The van der Waals surface area contributed by atoms with E-state index in [1.165, 1.54) is 19.3 Å². The summed E-state index contributed by atoms with van der Waals surface area (Å²) in [4.78, 5) is 1.10. The van der Waals surface area contributed by atoms with Crippen molar-refractivity contribution < 1.29 is 9.47 Å². The van der Waals surface area contributed by atoms with Crippen molar-refractivity contribution in [3.8, 4) is 11.5 Å². The molecule has 1 aliphatic heterocycles. The van der Waals surface area contributed by atoms with E-state index in [-0.39, 0.29) is 0 Å². The average molecular weight is 253 g/mol. The van der Waals surface area contributed by atoms with Gasteiger partial charge in [-0.2, -0.15) is 0 Å². The Balaban J connectivity index is 2.01. The lowest BCUT2D eigenvalue weighted by atomic mass is 10.2. The second kappa shape index (κ2) is 6.05. The smallest absolute Gasteiger partial charge is 0.163 e. The molecule has 0 aliphatic carbocycles. The molecule has 94 valence electrons. The van der Waals surface area contributed by atoms with Crippen LogP contribution in [0.5, 0.6) is 11.5 Å². The maximum Gasteiger partial charge on any atom is 0.163 e. The zero-order chi connectivity index (χ0) is 12.1. The molecule has 0 aromatic heterocycles. The summed E-state index contributed by atoms with van der Waals surface area (Å²) in [5, 5.41) is 0. The van der Waals surface area contributed by atoms with E-state index in [1.54, 1.807) is 11.8 Å². The second-order valence-corrected chi connectivity index (χ2v) is 5.23. The predicted molar refractivity (Wildman–Crippen MR) is 72.1 cm³/mol. The molecule has 1 aromatic carbocycles. The third kappa shape index (κ3) is 3.22. The van der Waals surface area contributed by atoms with Crippen molar-refractivity contribution in [3.63, 3.8) is 0 Å². The van der Waals surface area contributed by atoms with E-state index < -0.39 is 0 Å². The van der Waals surface area contributed by atoms with Gasteiger partial charge in [0, 0.05) is 16.6 Å². The van der Waals surface area contributed by atoms with E-state index in [2.05, 4.69) is 6.92 Å². The van der Waals surface area contributed by atoms with Gasteiger partial charge < -0.3 is 15.2 Å². The lowest BCUT2D eigenvalue weighted by Gasteiger charge is -2.20. The number of nitrogen functional groups attached to an aromatic ring is 1. The van der Waals surface area contributed by atoms with Crippen molar-refractivity contribution in [1.82, 2.24) is 0 Å². The van der Waals surface area contributed by atoms with Crippen LogP contribution >= 0.6 is 11.8 Å². The minimum absolute atomic E-state index is 0.607. The fourth-order valence-corrected chi connectivity index (χ4v) is 2.73. The molecule has 0 saturated heterocycles. The van der Waals surface area contributed by atoms with E-state index in [9.17, 15) is 0 Å². The number of anilines is 1. The van der Waals surface area contributed by atoms with Gasteiger partial charge in [-0.3, -0.25) is 0 Å². The first-order chi connectivity index (χ1) is 8.31. The highest BCUT2D eigenvalue weighted by atomic mass is 32.2. The van der Waals surface area contributed by atoms with Gasteiger partial charge in [0.25, 0.3) is 0 Å². The second-order valence-electron chi connectivity index (χ2n) is 4.09. The van der Waals surface area contributed by atoms with E-state index in [0.29, 0.717) is 13.2 Å². The van der Waals surface area contributed by atoms with Gasteiger partial charge in [-0.05, 0) is 18.2 Å². The molecule has 3 nitrogen and oxygen atoms in total. The summed E-state index contributed by atoms with van der Waals surface area (Å²) in [6.45, 7) is 3.44. The van der Waals surface area contributed by atoms with Crippen LogP contribution in [0.25, 0.3) is 0 Å². The first-order valence-corrected chi connectivity index (χ1v) is 7.11. The van der Waals surface area contributed by atoms with Crippen LogP contribution in [-0.4, -0.2) is 19.0 Å². The molecule has 0 radical (unpaired) electrons. The monoisotopic (exact) mass is 253 g/mol. The highest BCUT2D eigenvalue weighted by Crippen LogP contribution is 2.38. The number of nitrogens with two attached hydrogens (primary N) is 1. The number of fused-ring (bicyclic) bond motifs is 1. The molecule has 0 bridgehead atoms. The molecule has 0 saturated carbocycles. The van der Waals surface area contributed by atoms with Crippen molar-refractivity contribution in [2.75, 3.05) is 24.7 Å². The highest BCUT2D eigenvalue weighted by molar-refractivity contribution is 7.99. The number of hydrogen-bond donors (Lipinski definition) is 1. The number of ether oxygens (including phenoxy) is 2. The normalized spacial score (nSPS) is 13.7. The van der Waals surface area contributed by atoms with Crippen LogP contribution < -0.4 is 15.2 Å². The Hall–Kier alpha value is -1.03. The van der Waals surface area contributed by atoms with Crippen LogP contribution in [0.15, 0.2) is 17.0 Å². The number of rotatable bonds is 5. The molecular weight excluding hydrogens is 234 g/mol. The van der Waals surface area contributed by atoms with Crippen molar-refractivity contribution in [2.24, 2.45) is 0 Å². The molecule has 0 atom stereocenters. The maximum atomic E-state index is 6.00. The highest BCUT2D eigenvalue weighted by Gasteiger charge is 2.14. The minimum Gasteiger partial charge on any atom is -0.486 e. The summed E-state index contributed by atoms with van der Waals surface area (Å²) < 4.78 is 11.0. The Kier molecular flexibility index (Phi) is 4.42. The summed E-state index contributed by atoms with van der Waals surface area (Å²) in [6, 6.07) is 3.87. The zero-order valence-corrected chi connectivity index (χ0v) is 11.0. The molecular formula is C13H19NO2S. The largest absolute Gasteiger partial charge is 0.486 e. The molecule has 1 aromatic rings. The molecule has 2 rings (SSSR count). The molecule has 17 heavy (non-hydrogen) atoms. The summed E-state index contributed by atoms with van der Waals surface area (Å²) >= 11 is 1.80. The van der Waals surface area contributed by atoms with Gasteiger partial charge >= 0.3 is 0 Å². The van der Waals surface area contributed by atoms with Crippen molar-refractivity contribution in [1.29, 1.82) is 0 Å². The quantitative estimate of drug-likeness (QED) is 0.496. The van der Waals surface area contributed by atoms with Gasteiger partial charge in [0.15, 0.2) is 11.5 Å². The molecule has 1 heterocycles. The third-order valence-corrected chi connectivity index (χ3v) is 3.84. The van der Waals surface area contributed by atoms with Gasteiger partial charge in [-0.1, -0.05) is 19.8 Å². The van der Waals surface area contributed by atoms with E-state index in [1.807, 2.05) is 12.1 Å². The molecule has 4 heteroatoms. The minimum atomic E-state index is 0.607. The summed E-state index contributed by atoms with van der Waals surface area (Å²) in [5.74, 6) is 2.70. The summed E-state index contributed by atoms with van der Waals surface area (Å²) in [6.07, 6.45) is 3.75. The van der Waals surface area contributed by atoms with Crippen LogP contribution in [0, 0.1) is 0 Å². The topological polar surface area (TPSA) is 44.5 Å². The molecule has 2 N–H and O–H groups in total. The van der Waals surface area contributed by atoms with Gasteiger partial charge in [0.1, 0.15) is 13.2 Å². The lowest BCUT2D eigenvalue weighted by Crippen LogP contribution is -2.15. The SMILES string of the molecule is CCCCCSc1cc2c(cc1N)OCCO2. The fraction of sp³-hybridized carbons (Fsp3) is 0.538. The Labute approximate surface area is 107 Å².